The summed E-state index contributed by atoms with van der Waals surface area (Å²) in [7, 11) is 3.53. The van der Waals surface area contributed by atoms with Gasteiger partial charge in [0.15, 0.2) is 0 Å². The second-order valence-corrected chi connectivity index (χ2v) is 3.75. The van der Waals surface area contributed by atoms with Crippen molar-refractivity contribution in [1.29, 1.82) is 0 Å². The van der Waals surface area contributed by atoms with Gasteiger partial charge < -0.3 is 10.0 Å². The molecule has 1 saturated carbocycles. The Labute approximate surface area is 73.4 Å². The van der Waals surface area contributed by atoms with Crippen molar-refractivity contribution in [2.24, 2.45) is 5.92 Å². The number of aliphatic hydroxyl groups is 1. The topological polar surface area (TPSA) is 40.5 Å². The molecule has 0 saturated heterocycles. The SMILES string of the molecule is CN(C)C(=O)[C@H]1CCC[C@H](O)C1. The predicted molar refractivity (Wildman–Crippen MR) is 46.7 cm³/mol. The molecule has 3 heteroatoms. The van der Waals surface area contributed by atoms with Crippen LogP contribution >= 0.6 is 0 Å². The molecule has 0 aliphatic heterocycles. The largest absolute Gasteiger partial charge is 0.393 e. The summed E-state index contributed by atoms with van der Waals surface area (Å²) in [6.07, 6.45) is 3.17. The first-order valence-corrected chi connectivity index (χ1v) is 4.50. The Balaban J connectivity index is 2.46. The molecule has 1 rings (SSSR count). The van der Waals surface area contributed by atoms with E-state index in [1.54, 1.807) is 19.0 Å². The van der Waals surface area contributed by atoms with Crippen LogP contribution in [0.5, 0.6) is 0 Å². The molecule has 0 aromatic heterocycles. The number of amides is 1. The molecule has 3 nitrogen and oxygen atoms in total. The summed E-state index contributed by atoms with van der Waals surface area (Å²) < 4.78 is 0. The molecular formula is C9H17NO2. The van der Waals surface area contributed by atoms with Gasteiger partial charge in [0.05, 0.1) is 6.10 Å². The summed E-state index contributed by atoms with van der Waals surface area (Å²) in [6, 6.07) is 0. The van der Waals surface area contributed by atoms with Crippen molar-refractivity contribution in [3.8, 4) is 0 Å². The van der Waals surface area contributed by atoms with E-state index < -0.39 is 0 Å². The number of carbonyl (C=O) groups is 1. The minimum Gasteiger partial charge on any atom is -0.393 e. The molecule has 0 radical (unpaired) electrons. The highest BCUT2D eigenvalue weighted by Crippen LogP contribution is 2.25. The number of hydrogen-bond donors (Lipinski definition) is 1. The highest BCUT2D eigenvalue weighted by molar-refractivity contribution is 5.78. The molecule has 0 aromatic carbocycles. The molecule has 70 valence electrons. The Morgan fingerprint density at radius 2 is 2.08 bits per heavy atom. The Morgan fingerprint density at radius 3 is 2.58 bits per heavy atom. The summed E-state index contributed by atoms with van der Waals surface area (Å²) >= 11 is 0. The maximum Gasteiger partial charge on any atom is 0.225 e. The third-order valence-corrected chi connectivity index (χ3v) is 2.44. The molecule has 0 bridgehead atoms. The van der Waals surface area contributed by atoms with Crippen LogP contribution in [-0.2, 0) is 4.79 Å². The molecule has 12 heavy (non-hydrogen) atoms. The van der Waals surface area contributed by atoms with E-state index in [1.165, 1.54) is 0 Å². The third kappa shape index (κ3) is 2.21. The van der Waals surface area contributed by atoms with E-state index in [1.807, 2.05) is 0 Å². The summed E-state index contributed by atoms with van der Waals surface area (Å²) in [4.78, 5) is 13.1. The zero-order valence-corrected chi connectivity index (χ0v) is 7.79. The standard InChI is InChI=1S/C9H17NO2/c1-10(2)9(12)7-4-3-5-8(11)6-7/h7-8,11H,3-6H2,1-2H3/t7-,8-/m0/s1. The summed E-state index contributed by atoms with van der Waals surface area (Å²) in [5.74, 6) is 0.220. The fourth-order valence-corrected chi connectivity index (χ4v) is 1.75. The van der Waals surface area contributed by atoms with Crippen molar-refractivity contribution < 1.29 is 9.90 Å². The van der Waals surface area contributed by atoms with Crippen LogP contribution in [0.15, 0.2) is 0 Å². The first kappa shape index (κ1) is 9.52. The molecule has 0 heterocycles. The number of hydrogen-bond acceptors (Lipinski definition) is 2. The van der Waals surface area contributed by atoms with Crippen LogP contribution in [0.3, 0.4) is 0 Å². The van der Waals surface area contributed by atoms with Crippen molar-refractivity contribution in [3.05, 3.63) is 0 Å². The predicted octanol–water partition coefficient (Wildman–Crippen LogP) is 0.626. The second-order valence-electron chi connectivity index (χ2n) is 3.75. The smallest absolute Gasteiger partial charge is 0.225 e. The average molecular weight is 171 g/mol. The van der Waals surface area contributed by atoms with Crippen LogP contribution < -0.4 is 0 Å². The molecule has 1 fully saturated rings. The van der Waals surface area contributed by atoms with Gasteiger partial charge in [-0.25, -0.2) is 0 Å². The number of aliphatic hydroxyl groups excluding tert-OH is 1. The third-order valence-electron chi connectivity index (χ3n) is 2.44. The van der Waals surface area contributed by atoms with Crippen LogP contribution in [0.2, 0.25) is 0 Å². The summed E-state index contributed by atoms with van der Waals surface area (Å²) in [5, 5.41) is 9.34. The zero-order chi connectivity index (χ0) is 9.14. The average Bonchev–Trinajstić information content (AvgIpc) is 2.03. The Bertz CT molecular complexity index is 168. The van der Waals surface area contributed by atoms with E-state index in [0.29, 0.717) is 6.42 Å². The van der Waals surface area contributed by atoms with E-state index in [0.717, 1.165) is 19.3 Å². The summed E-state index contributed by atoms with van der Waals surface area (Å²) in [5.41, 5.74) is 0. The van der Waals surface area contributed by atoms with Crippen molar-refractivity contribution in [1.82, 2.24) is 4.90 Å². The number of rotatable bonds is 1. The molecule has 0 spiro atoms. The van der Waals surface area contributed by atoms with E-state index in [2.05, 4.69) is 0 Å². The molecule has 2 atom stereocenters. The van der Waals surface area contributed by atoms with Gasteiger partial charge in [0.2, 0.25) is 5.91 Å². The lowest BCUT2D eigenvalue weighted by Gasteiger charge is -2.26. The van der Waals surface area contributed by atoms with E-state index in [-0.39, 0.29) is 17.9 Å². The minimum atomic E-state index is -0.257. The molecule has 0 aromatic rings. The van der Waals surface area contributed by atoms with Gasteiger partial charge in [-0.2, -0.15) is 0 Å². The van der Waals surface area contributed by atoms with Gasteiger partial charge in [-0.1, -0.05) is 6.42 Å². The van der Waals surface area contributed by atoms with Gasteiger partial charge in [0.1, 0.15) is 0 Å². The molecule has 1 amide bonds. The normalized spacial score (nSPS) is 29.9. The Kier molecular flexibility index (Phi) is 3.09. The number of carbonyl (C=O) groups excluding carboxylic acids is 1. The van der Waals surface area contributed by atoms with Crippen molar-refractivity contribution >= 4 is 5.91 Å². The van der Waals surface area contributed by atoms with Crippen molar-refractivity contribution in [2.75, 3.05) is 14.1 Å². The highest BCUT2D eigenvalue weighted by Gasteiger charge is 2.26. The molecular weight excluding hydrogens is 154 g/mol. The molecule has 0 unspecified atom stereocenters. The molecule has 1 aliphatic carbocycles. The quantitative estimate of drug-likeness (QED) is 0.628. The lowest BCUT2D eigenvalue weighted by molar-refractivity contribution is -0.135. The fraction of sp³-hybridized carbons (Fsp3) is 0.889. The lowest BCUT2D eigenvalue weighted by Crippen LogP contribution is -2.34. The van der Waals surface area contributed by atoms with Gasteiger partial charge in [-0.05, 0) is 19.3 Å². The fourth-order valence-electron chi connectivity index (χ4n) is 1.75. The Hall–Kier alpha value is -0.570. The van der Waals surface area contributed by atoms with E-state index in [4.69, 9.17) is 0 Å². The van der Waals surface area contributed by atoms with Crippen LogP contribution in [0.25, 0.3) is 0 Å². The lowest BCUT2D eigenvalue weighted by atomic mass is 9.86. The first-order chi connectivity index (χ1) is 5.61. The van der Waals surface area contributed by atoms with Crippen LogP contribution in [0.4, 0.5) is 0 Å². The summed E-state index contributed by atoms with van der Waals surface area (Å²) in [6.45, 7) is 0. The first-order valence-electron chi connectivity index (χ1n) is 4.50. The van der Waals surface area contributed by atoms with Crippen LogP contribution in [0, 0.1) is 5.92 Å². The van der Waals surface area contributed by atoms with Gasteiger partial charge in [-0.15, -0.1) is 0 Å². The van der Waals surface area contributed by atoms with Crippen molar-refractivity contribution in [2.45, 2.75) is 31.8 Å². The number of nitrogens with zero attached hydrogens (tertiary/aromatic N) is 1. The second kappa shape index (κ2) is 3.90. The maximum atomic E-state index is 11.5. The molecule has 1 aliphatic rings. The molecule has 1 N–H and O–H groups in total. The van der Waals surface area contributed by atoms with Gasteiger partial charge >= 0.3 is 0 Å². The minimum absolute atomic E-state index is 0.0590. The Morgan fingerprint density at radius 1 is 1.42 bits per heavy atom. The monoisotopic (exact) mass is 171 g/mol. The van der Waals surface area contributed by atoms with Crippen molar-refractivity contribution in [3.63, 3.8) is 0 Å². The van der Waals surface area contributed by atoms with E-state index in [9.17, 15) is 9.90 Å². The highest BCUT2D eigenvalue weighted by atomic mass is 16.3. The maximum absolute atomic E-state index is 11.5. The van der Waals surface area contributed by atoms with Crippen LogP contribution in [0.1, 0.15) is 25.7 Å². The van der Waals surface area contributed by atoms with Crippen LogP contribution in [-0.4, -0.2) is 36.1 Å². The zero-order valence-electron chi connectivity index (χ0n) is 7.79. The van der Waals surface area contributed by atoms with Gasteiger partial charge in [-0.3, -0.25) is 4.79 Å². The van der Waals surface area contributed by atoms with Gasteiger partial charge in [0.25, 0.3) is 0 Å². The van der Waals surface area contributed by atoms with Gasteiger partial charge in [0, 0.05) is 20.0 Å². The van der Waals surface area contributed by atoms with E-state index >= 15 is 0 Å².